The largest absolute Gasteiger partial charge is 0.368 e. The molecule has 5 aromatic heterocycles. The smallest absolute Gasteiger partial charge is 0.229 e. The molecule has 1 saturated heterocycles. The third-order valence-corrected chi connectivity index (χ3v) is 6.99. The highest BCUT2D eigenvalue weighted by Gasteiger charge is 2.22. The third-order valence-electron chi connectivity index (χ3n) is 6.99. The van der Waals surface area contributed by atoms with Crippen molar-refractivity contribution >= 4 is 39.3 Å². The Kier molecular flexibility index (Phi) is 5.83. The van der Waals surface area contributed by atoms with Crippen molar-refractivity contribution in [1.82, 2.24) is 35.0 Å². The first-order valence-electron chi connectivity index (χ1n) is 12.8. The Balaban J connectivity index is 1.35. The molecule has 1 amide bonds. The molecule has 0 atom stereocenters. The summed E-state index contributed by atoms with van der Waals surface area (Å²) in [5.41, 5.74) is 6.86. The van der Waals surface area contributed by atoms with Crippen LogP contribution < -0.4 is 10.2 Å². The number of carbonyl (C=O) groups is 1. The lowest BCUT2D eigenvalue weighted by Gasteiger charge is -2.34. The molecule has 1 aliphatic rings. The molecule has 0 spiro atoms. The van der Waals surface area contributed by atoms with Gasteiger partial charge in [0.15, 0.2) is 0 Å². The number of nitrogens with one attached hydrogen (secondary N) is 3. The summed E-state index contributed by atoms with van der Waals surface area (Å²) in [6, 6.07) is 9.98. The molecule has 0 bridgehead atoms. The van der Waals surface area contributed by atoms with Crippen LogP contribution in [0.5, 0.6) is 0 Å². The lowest BCUT2D eigenvalue weighted by atomic mass is 9.95. The summed E-state index contributed by atoms with van der Waals surface area (Å²) in [6.07, 6.45) is 5.24. The zero-order valence-electron chi connectivity index (χ0n) is 22.0. The minimum absolute atomic E-state index is 0.0691. The number of hydrogen-bond donors (Lipinski definition) is 3. The van der Waals surface area contributed by atoms with Gasteiger partial charge in [0.2, 0.25) is 5.91 Å². The van der Waals surface area contributed by atoms with E-state index < -0.39 is 5.41 Å². The van der Waals surface area contributed by atoms with Gasteiger partial charge in [0.25, 0.3) is 0 Å². The molecule has 0 unspecified atom stereocenters. The van der Waals surface area contributed by atoms with Gasteiger partial charge in [-0.1, -0.05) is 20.8 Å². The van der Waals surface area contributed by atoms with Crippen molar-refractivity contribution in [3.63, 3.8) is 0 Å². The molecule has 5 aromatic rings. The van der Waals surface area contributed by atoms with E-state index in [4.69, 9.17) is 4.98 Å². The molecular weight excluding hydrogens is 478 g/mol. The standard InChI is InChI=1S/C28H31N9O/c1-28(2,3)27(38)31-18-13-17(15-29-16-18)20-5-6-21-24(32-20)25(35-34-21)22-14-19-23(7-8-30-26(19)33-22)37-11-9-36(4)10-12-37/h5-8,13-16H,9-12H2,1-4H3,(H,30,33)(H,31,38)(H,34,35). The SMILES string of the molecule is CN1CCN(c2ccnc3[nH]c(-c4n[nH]c5ccc(-c6cncc(NC(=O)C(C)(C)C)c6)nc45)cc23)CC1. The average molecular weight is 510 g/mol. The number of fused-ring (bicyclic) bond motifs is 2. The van der Waals surface area contributed by atoms with Gasteiger partial charge in [-0.3, -0.25) is 14.9 Å². The maximum Gasteiger partial charge on any atom is 0.229 e. The quantitative estimate of drug-likeness (QED) is 0.330. The Labute approximate surface area is 220 Å². The highest BCUT2D eigenvalue weighted by molar-refractivity contribution is 5.98. The van der Waals surface area contributed by atoms with Gasteiger partial charge in [0, 0.05) is 60.6 Å². The molecule has 10 heteroatoms. The summed E-state index contributed by atoms with van der Waals surface area (Å²) >= 11 is 0. The lowest BCUT2D eigenvalue weighted by Crippen LogP contribution is -2.44. The third kappa shape index (κ3) is 4.47. The van der Waals surface area contributed by atoms with Crippen molar-refractivity contribution in [2.75, 3.05) is 43.4 Å². The van der Waals surface area contributed by atoms with Gasteiger partial charge in [-0.25, -0.2) is 9.97 Å². The van der Waals surface area contributed by atoms with E-state index in [1.54, 1.807) is 12.4 Å². The predicted molar refractivity (Wildman–Crippen MR) is 150 cm³/mol. The number of H-pyrrole nitrogens is 2. The maximum atomic E-state index is 12.5. The average Bonchev–Trinajstić information content (AvgIpc) is 3.52. The number of aromatic nitrogens is 6. The fourth-order valence-corrected chi connectivity index (χ4v) is 4.68. The number of anilines is 2. The predicted octanol–water partition coefficient (Wildman–Crippen LogP) is 4.30. The molecule has 3 N–H and O–H groups in total. The zero-order chi connectivity index (χ0) is 26.4. The lowest BCUT2D eigenvalue weighted by molar-refractivity contribution is -0.123. The molecule has 0 saturated carbocycles. The number of nitrogens with zero attached hydrogens (tertiary/aromatic N) is 6. The second-order valence-corrected chi connectivity index (χ2v) is 10.9. The first-order valence-corrected chi connectivity index (χ1v) is 12.8. The second-order valence-electron chi connectivity index (χ2n) is 10.9. The van der Waals surface area contributed by atoms with Crippen LogP contribution in [0.1, 0.15) is 20.8 Å². The molecule has 0 aromatic carbocycles. The minimum atomic E-state index is -0.502. The summed E-state index contributed by atoms with van der Waals surface area (Å²) in [4.78, 5) is 34.5. The van der Waals surface area contributed by atoms with Crippen LogP contribution in [0.4, 0.5) is 11.4 Å². The number of amides is 1. The van der Waals surface area contributed by atoms with Crippen LogP contribution in [0, 0.1) is 5.41 Å². The maximum absolute atomic E-state index is 12.5. The van der Waals surface area contributed by atoms with Crippen LogP contribution in [0.15, 0.2) is 48.9 Å². The van der Waals surface area contributed by atoms with E-state index in [0.717, 1.165) is 70.9 Å². The number of rotatable bonds is 4. The van der Waals surface area contributed by atoms with Gasteiger partial charge >= 0.3 is 0 Å². The van der Waals surface area contributed by atoms with Crippen LogP contribution in [-0.2, 0) is 4.79 Å². The number of aromatic amines is 2. The van der Waals surface area contributed by atoms with E-state index in [9.17, 15) is 4.79 Å². The number of piperazine rings is 1. The fourth-order valence-electron chi connectivity index (χ4n) is 4.68. The Bertz CT molecular complexity index is 1640. The second kappa shape index (κ2) is 9.21. The van der Waals surface area contributed by atoms with Gasteiger partial charge in [-0.2, -0.15) is 5.10 Å². The van der Waals surface area contributed by atoms with E-state index in [-0.39, 0.29) is 5.91 Å². The molecule has 1 aliphatic heterocycles. The van der Waals surface area contributed by atoms with E-state index in [1.165, 1.54) is 5.69 Å². The highest BCUT2D eigenvalue weighted by Crippen LogP contribution is 2.33. The molecule has 10 nitrogen and oxygen atoms in total. The van der Waals surface area contributed by atoms with Crippen molar-refractivity contribution in [2.24, 2.45) is 5.41 Å². The first kappa shape index (κ1) is 24.1. The zero-order valence-corrected chi connectivity index (χ0v) is 22.0. The Hall–Kier alpha value is -4.31. The van der Waals surface area contributed by atoms with Crippen molar-refractivity contribution < 1.29 is 4.79 Å². The van der Waals surface area contributed by atoms with Crippen LogP contribution in [0.3, 0.4) is 0 Å². The summed E-state index contributed by atoms with van der Waals surface area (Å²) in [5.74, 6) is -0.0691. The minimum Gasteiger partial charge on any atom is -0.368 e. The van der Waals surface area contributed by atoms with Gasteiger partial charge in [0.1, 0.15) is 16.9 Å². The summed E-state index contributed by atoms with van der Waals surface area (Å²) in [5, 5.41) is 11.7. The molecule has 6 rings (SSSR count). The van der Waals surface area contributed by atoms with Gasteiger partial charge in [0.05, 0.1) is 28.8 Å². The van der Waals surface area contributed by atoms with Crippen LogP contribution in [0.2, 0.25) is 0 Å². The summed E-state index contributed by atoms with van der Waals surface area (Å²) < 4.78 is 0. The molecule has 38 heavy (non-hydrogen) atoms. The van der Waals surface area contributed by atoms with E-state index >= 15 is 0 Å². The first-order chi connectivity index (χ1) is 18.3. The molecular formula is C28H31N9O. The molecule has 194 valence electrons. The number of hydrogen-bond acceptors (Lipinski definition) is 7. The van der Waals surface area contributed by atoms with Crippen LogP contribution in [-0.4, -0.2) is 74.2 Å². The van der Waals surface area contributed by atoms with E-state index in [1.807, 2.05) is 45.2 Å². The number of pyridine rings is 3. The van der Waals surface area contributed by atoms with Gasteiger partial charge in [-0.15, -0.1) is 0 Å². The van der Waals surface area contributed by atoms with Crippen molar-refractivity contribution in [2.45, 2.75) is 20.8 Å². The van der Waals surface area contributed by atoms with Crippen molar-refractivity contribution in [3.05, 3.63) is 48.9 Å². The van der Waals surface area contributed by atoms with Gasteiger partial charge in [-0.05, 0) is 37.4 Å². The van der Waals surface area contributed by atoms with Crippen molar-refractivity contribution in [1.29, 1.82) is 0 Å². The van der Waals surface area contributed by atoms with Crippen LogP contribution in [0.25, 0.3) is 44.7 Å². The Morgan fingerprint density at radius 1 is 1.05 bits per heavy atom. The summed E-state index contributed by atoms with van der Waals surface area (Å²) in [6.45, 7) is 9.67. The molecule has 0 radical (unpaired) electrons. The number of carbonyl (C=O) groups excluding carboxylic acids is 1. The Morgan fingerprint density at radius 3 is 2.66 bits per heavy atom. The van der Waals surface area contributed by atoms with Gasteiger partial charge < -0.3 is 20.1 Å². The van der Waals surface area contributed by atoms with E-state index in [0.29, 0.717) is 5.69 Å². The highest BCUT2D eigenvalue weighted by atomic mass is 16.2. The molecule has 1 fully saturated rings. The topological polar surface area (TPSA) is 119 Å². The van der Waals surface area contributed by atoms with Crippen LogP contribution >= 0.6 is 0 Å². The Morgan fingerprint density at radius 2 is 1.87 bits per heavy atom. The molecule has 0 aliphatic carbocycles. The van der Waals surface area contributed by atoms with E-state index in [2.05, 4.69) is 59.4 Å². The summed E-state index contributed by atoms with van der Waals surface area (Å²) in [7, 11) is 2.16. The number of likely N-dealkylation sites (N-methyl/N-ethyl adjacent to an activating group) is 1. The normalized spacial score (nSPS) is 14.9. The molecule has 6 heterocycles. The monoisotopic (exact) mass is 509 g/mol. The fraction of sp³-hybridized carbons (Fsp3) is 0.321. The van der Waals surface area contributed by atoms with Crippen molar-refractivity contribution in [3.8, 4) is 22.6 Å².